The van der Waals surface area contributed by atoms with Gasteiger partial charge in [0.2, 0.25) is 0 Å². The van der Waals surface area contributed by atoms with Crippen LogP contribution in [0.3, 0.4) is 0 Å². The summed E-state index contributed by atoms with van der Waals surface area (Å²) in [6, 6.07) is 11.7. The van der Waals surface area contributed by atoms with Crippen molar-refractivity contribution in [1.29, 1.82) is 5.26 Å². The minimum Gasteiger partial charge on any atom is -0.456 e. The molecule has 6 nitrogen and oxygen atoms in total. The highest BCUT2D eigenvalue weighted by atomic mass is 32.2. The van der Waals surface area contributed by atoms with E-state index in [1.165, 1.54) is 5.56 Å². The number of aromatic nitrogens is 1. The molecule has 0 aliphatic carbocycles. The topological polar surface area (TPSA) is 95.0 Å². The lowest BCUT2D eigenvalue weighted by atomic mass is 10.1. The highest BCUT2D eigenvalue weighted by Gasteiger charge is 2.12. The van der Waals surface area contributed by atoms with Gasteiger partial charge in [-0.1, -0.05) is 18.2 Å². The van der Waals surface area contributed by atoms with Crippen LogP contribution in [0.1, 0.15) is 29.5 Å². The third-order valence-electron chi connectivity index (χ3n) is 4.80. The number of ether oxygens (including phenoxy) is 1. The molecule has 1 amide bonds. The first-order valence-electron chi connectivity index (χ1n) is 9.65. The first kappa shape index (κ1) is 21.5. The molecular formula is C23H23N3O3S. The van der Waals surface area contributed by atoms with E-state index in [0.717, 1.165) is 45.1 Å². The molecule has 0 radical (unpaired) electrons. The van der Waals surface area contributed by atoms with Crippen molar-refractivity contribution in [2.45, 2.75) is 38.0 Å². The lowest BCUT2D eigenvalue weighted by molar-refractivity contribution is -0.147. The predicted octanol–water partition coefficient (Wildman–Crippen LogP) is 4.86. The van der Waals surface area contributed by atoms with E-state index >= 15 is 0 Å². The fourth-order valence-corrected chi connectivity index (χ4v) is 3.96. The fourth-order valence-electron chi connectivity index (χ4n) is 3.39. The first-order chi connectivity index (χ1) is 14.5. The molecule has 154 valence electrons. The lowest BCUT2D eigenvalue weighted by Gasteiger charge is -2.13. The van der Waals surface area contributed by atoms with Crippen LogP contribution in [0.5, 0.6) is 0 Å². The highest BCUT2D eigenvalue weighted by molar-refractivity contribution is 8.03. The molecule has 30 heavy (non-hydrogen) atoms. The molecule has 0 saturated carbocycles. The van der Waals surface area contributed by atoms with Gasteiger partial charge >= 0.3 is 5.97 Å². The molecule has 0 aliphatic rings. The summed E-state index contributed by atoms with van der Waals surface area (Å²) >= 11 is 1.07. The number of benzene rings is 2. The van der Waals surface area contributed by atoms with Crippen LogP contribution in [0.4, 0.5) is 5.69 Å². The zero-order chi connectivity index (χ0) is 21.5. The molecule has 2 aromatic carbocycles. The second-order valence-corrected chi connectivity index (χ2v) is 7.91. The van der Waals surface area contributed by atoms with Gasteiger partial charge in [0.15, 0.2) is 6.61 Å². The maximum atomic E-state index is 12.2. The number of nitrogens with zero attached hydrogens (tertiary/aromatic N) is 1. The predicted molar refractivity (Wildman–Crippen MR) is 118 cm³/mol. The van der Waals surface area contributed by atoms with Crippen molar-refractivity contribution in [2.75, 3.05) is 11.9 Å². The SMILES string of the molecule is Cc1cc(SC#N)cc(C)c1NC(=O)COC(=O)CCCc1c[nH]c2ccccc12. The number of esters is 1. The molecule has 1 aromatic heterocycles. The van der Waals surface area contributed by atoms with Gasteiger partial charge in [-0.2, -0.15) is 5.26 Å². The van der Waals surface area contributed by atoms with Gasteiger partial charge in [-0.25, -0.2) is 0 Å². The van der Waals surface area contributed by atoms with E-state index in [1.54, 1.807) is 0 Å². The molecule has 2 N–H and O–H groups in total. The van der Waals surface area contributed by atoms with Crippen molar-refractivity contribution >= 4 is 40.2 Å². The smallest absolute Gasteiger partial charge is 0.306 e. The Labute approximate surface area is 179 Å². The lowest BCUT2D eigenvalue weighted by Crippen LogP contribution is -2.21. The standard InChI is InChI=1S/C23H23N3O3S/c1-15-10-18(30-14-24)11-16(2)23(15)26-21(27)13-29-22(28)9-5-6-17-12-25-20-8-4-3-7-19(17)20/h3-4,7-8,10-12,25H,5-6,9,13H2,1-2H3,(H,26,27). The average Bonchev–Trinajstić information content (AvgIpc) is 3.13. The number of fused-ring (bicyclic) bond motifs is 1. The number of H-pyrrole nitrogens is 1. The van der Waals surface area contributed by atoms with Crippen molar-refractivity contribution < 1.29 is 14.3 Å². The van der Waals surface area contributed by atoms with E-state index in [-0.39, 0.29) is 24.9 Å². The maximum Gasteiger partial charge on any atom is 0.306 e. The van der Waals surface area contributed by atoms with Gasteiger partial charge in [0.05, 0.1) is 0 Å². The molecule has 0 aliphatic heterocycles. The Morgan fingerprint density at radius 3 is 2.67 bits per heavy atom. The number of para-hydroxylation sites is 1. The van der Waals surface area contributed by atoms with Gasteiger partial charge in [0.25, 0.3) is 5.91 Å². The van der Waals surface area contributed by atoms with Crippen molar-refractivity contribution in [2.24, 2.45) is 0 Å². The van der Waals surface area contributed by atoms with Crippen LogP contribution in [0.2, 0.25) is 0 Å². The molecule has 0 unspecified atom stereocenters. The number of amides is 1. The summed E-state index contributed by atoms with van der Waals surface area (Å²) in [5.74, 6) is -0.772. The summed E-state index contributed by atoms with van der Waals surface area (Å²) in [5, 5.41) is 14.8. The van der Waals surface area contributed by atoms with Crippen molar-refractivity contribution in [1.82, 2.24) is 4.98 Å². The third-order valence-corrected chi connectivity index (χ3v) is 5.36. The van der Waals surface area contributed by atoms with Gasteiger partial charge in [-0.05, 0) is 73.3 Å². The van der Waals surface area contributed by atoms with Crippen molar-refractivity contribution in [3.8, 4) is 5.40 Å². The monoisotopic (exact) mass is 421 g/mol. The number of hydrogen-bond donors (Lipinski definition) is 2. The number of thioether (sulfide) groups is 1. The Hall–Kier alpha value is -3.24. The van der Waals surface area contributed by atoms with Crippen LogP contribution in [-0.2, 0) is 20.7 Å². The number of carbonyl (C=O) groups is 2. The van der Waals surface area contributed by atoms with E-state index in [0.29, 0.717) is 12.1 Å². The number of thiocyanates is 1. The van der Waals surface area contributed by atoms with Crippen LogP contribution in [0.25, 0.3) is 10.9 Å². The molecule has 0 fully saturated rings. The Bertz CT molecular complexity index is 1090. The largest absolute Gasteiger partial charge is 0.456 e. The van der Waals surface area contributed by atoms with Crippen LogP contribution in [-0.4, -0.2) is 23.5 Å². The molecule has 0 saturated heterocycles. The van der Waals surface area contributed by atoms with Crippen LogP contribution in [0, 0.1) is 24.5 Å². The molecule has 0 atom stereocenters. The van der Waals surface area contributed by atoms with E-state index < -0.39 is 0 Å². The number of anilines is 1. The first-order valence-corrected chi connectivity index (χ1v) is 10.5. The number of nitriles is 1. The van der Waals surface area contributed by atoms with Crippen LogP contribution < -0.4 is 5.32 Å². The number of carbonyl (C=O) groups excluding carboxylic acids is 2. The Kier molecular flexibility index (Phi) is 7.15. The number of hydrogen-bond acceptors (Lipinski definition) is 5. The summed E-state index contributed by atoms with van der Waals surface area (Å²) in [7, 11) is 0. The Balaban J connectivity index is 1.44. The summed E-state index contributed by atoms with van der Waals surface area (Å²) in [5.41, 5.74) is 4.63. The van der Waals surface area contributed by atoms with Gasteiger partial charge in [-0.3, -0.25) is 9.59 Å². The second-order valence-electron chi connectivity index (χ2n) is 7.05. The Morgan fingerprint density at radius 2 is 1.93 bits per heavy atom. The van der Waals surface area contributed by atoms with E-state index in [2.05, 4.69) is 16.4 Å². The van der Waals surface area contributed by atoms with Crippen LogP contribution >= 0.6 is 11.8 Å². The van der Waals surface area contributed by atoms with Gasteiger partial charge in [0, 0.05) is 34.1 Å². The van der Waals surface area contributed by atoms with Crippen molar-refractivity contribution in [3.05, 3.63) is 59.3 Å². The zero-order valence-electron chi connectivity index (χ0n) is 17.0. The zero-order valence-corrected chi connectivity index (χ0v) is 17.8. The van der Waals surface area contributed by atoms with Gasteiger partial charge in [-0.15, -0.1) is 0 Å². The quantitative estimate of drug-likeness (QED) is 0.308. The minimum atomic E-state index is -0.390. The maximum absolute atomic E-state index is 12.2. The number of nitrogens with one attached hydrogen (secondary N) is 2. The normalized spacial score (nSPS) is 10.6. The second kappa shape index (κ2) is 9.99. The van der Waals surface area contributed by atoms with Crippen LogP contribution in [0.15, 0.2) is 47.5 Å². The fraction of sp³-hybridized carbons (Fsp3) is 0.261. The molecule has 7 heteroatoms. The molecular weight excluding hydrogens is 398 g/mol. The number of rotatable bonds is 8. The summed E-state index contributed by atoms with van der Waals surface area (Å²) in [4.78, 5) is 28.2. The highest BCUT2D eigenvalue weighted by Crippen LogP contribution is 2.27. The third kappa shape index (κ3) is 5.43. The summed E-state index contributed by atoms with van der Waals surface area (Å²) < 4.78 is 5.12. The summed E-state index contributed by atoms with van der Waals surface area (Å²) in [6.45, 7) is 3.40. The number of aromatic amines is 1. The Morgan fingerprint density at radius 1 is 1.20 bits per heavy atom. The van der Waals surface area contributed by atoms with E-state index in [9.17, 15) is 9.59 Å². The number of aryl methyl sites for hydroxylation is 3. The van der Waals surface area contributed by atoms with E-state index in [1.807, 2.05) is 55.8 Å². The summed E-state index contributed by atoms with van der Waals surface area (Å²) in [6.07, 6.45) is 3.63. The minimum absolute atomic E-state index is 0.255. The molecule has 3 rings (SSSR count). The average molecular weight is 422 g/mol. The molecule has 0 bridgehead atoms. The van der Waals surface area contributed by atoms with Gasteiger partial charge < -0.3 is 15.0 Å². The molecule has 1 heterocycles. The van der Waals surface area contributed by atoms with Crippen molar-refractivity contribution in [3.63, 3.8) is 0 Å². The van der Waals surface area contributed by atoms with E-state index in [4.69, 9.17) is 10.00 Å². The molecule has 3 aromatic rings. The molecule has 0 spiro atoms. The van der Waals surface area contributed by atoms with Gasteiger partial charge in [0.1, 0.15) is 5.40 Å².